The first kappa shape index (κ1) is 20.7. The molecular weight excluding hydrogens is 400 g/mol. The van der Waals surface area contributed by atoms with Crippen LogP contribution in [0.4, 0.5) is 22.7 Å². The van der Waals surface area contributed by atoms with E-state index >= 15 is 0 Å². The molecule has 6 heteroatoms. The van der Waals surface area contributed by atoms with Crippen LogP contribution in [0.3, 0.4) is 0 Å². The van der Waals surface area contributed by atoms with Gasteiger partial charge in [0.25, 0.3) is 0 Å². The van der Waals surface area contributed by atoms with Crippen molar-refractivity contribution in [2.75, 3.05) is 62.4 Å². The molecule has 0 saturated carbocycles. The van der Waals surface area contributed by atoms with E-state index in [-0.39, 0.29) is 0 Å². The van der Waals surface area contributed by atoms with Crippen molar-refractivity contribution in [3.63, 3.8) is 0 Å². The fourth-order valence-corrected chi connectivity index (χ4v) is 4.07. The summed E-state index contributed by atoms with van der Waals surface area (Å²) in [7, 11) is 0. The molecule has 164 valence electrons. The summed E-state index contributed by atoms with van der Waals surface area (Å²) in [5.74, 6) is 0. The molecule has 0 radical (unpaired) electrons. The van der Waals surface area contributed by atoms with Crippen molar-refractivity contribution >= 4 is 22.7 Å². The van der Waals surface area contributed by atoms with Crippen LogP contribution in [0.25, 0.3) is 11.1 Å². The van der Waals surface area contributed by atoms with Gasteiger partial charge in [-0.2, -0.15) is 10.2 Å². The smallest absolute Gasteiger partial charge is 0.0858 e. The Bertz CT molecular complexity index is 1020. The molecule has 2 fully saturated rings. The topological polar surface area (TPSA) is 49.7 Å². The number of ether oxygens (including phenoxy) is 2. The highest BCUT2D eigenvalue weighted by Crippen LogP contribution is 2.27. The standard InChI is InChI=1S/C26H28N4O2/c1-5-23(27-28-24-7-11-26(12-8-24)30-15-19-32-20-16-30)6-2-21(1)22-3-9-25(10-4-22)29-13-17-31-18-14-29/h1-12H,13-20H2. The minimum absolute atomic E-state index is 0.787. The predicted molar refractivity (Wildman–Crippen MR) is 129 cm³/mol. The van der Waals surface area contributed by atoms with Gasteiger partial charge in [0.15, 0.2) is 0 Å². The molecule has 3 aromatic carbocycles. The van der Waals surface area contributed by atoms with Crippen LogP contribution in [0, 0.1) is 0 Å². The molecule has 0 bridgehead atoms. The van der Waals surface area contributed by atoms with Crippen LogP contribution in [0.2, 0.25) is 0 Å². The van der Waals surface area contributed by atoms with Gasteiger partial charge in [-0.3, -0.25) is 0 Å². The Labute approximate surface area is 189 Å². The quantitative estimate of drug-likeness (QED) is 0.508. The van der Waals surface area contributed by atoms with Gasteiger partial charge >= 0.3 is 0 Å². The van der Waals surface area contributed by atoms with E-state index in [1.54, 1.807) is 0 Å². The van der Waals surface area contributed by atoms with Gasteiger partial charge in [0, 0.05) is 37.6 Å². The number of azo groups is 1. The molecule has 0 N–H and O–H groups in total. The highest BCUT2D eigenvalue weighted by atomic mass is 16.5. The highest BCUT2D eigenvalue weighted by Gasteiger charge is 2.12. The Kier molecular flexibility index (Phi) is 6.42. The number of hydrogen-bond acceptors (Lipinski definition) is 6. The largest absolute Gasteiger partial charge is 0.378 e. The van der Waals surface area contributed by atoms with E-state index in [1.165, 1.54) is 22.5 Å². The van der Waals surface area contributed by atoms with Crippen LogP contribution in [0.15, 0.2) is 83.0 Å². The molecule has 2 aliphatic rings. The maximum Gasteiger partial charge on any atom is 0.0858 e. The summed E-state index contributed by atoms with van der Waals surface area (Å²) >= 11 is 0. The average molecular weight is 429 g/mol. The molecule has 5 rings (SSSR count). The molecule has 0 aromatic heterocycles. The molecule has 2 heterocycles. The number of anilines is 2. The first-order valence-electron chi connectivity index (χ1n) is 11.2. The van der Waals surface area contributed by atoms with Crippen molar-refractivity contribution in [2.24, 2.45) is 10.2 Å². The van der Waals surface area contributed by atoms with Gasteiger partial charge < -0.3 is 19.3 Å². The van der Waals surface area contributed by atoms with Gasteiger partial charge in [0.2, 0.25) is 0 Å². The predicted octanol–water partition coefficient (Wildman–Crippen LogP) is 5.44. The lowest BCUT2D eigenvalue weighted by atomic mass is 10.0. The van der Waals surface area contributed by atoms with Crippen LogP contribution >= 0.6 is 0 Å². The Hall–Kier alpha value is -3.22. The lowest BCUT2D eigenvalue weighted by molar-refractivity contribution is 0.122. The molecule has 2 saturated heterocycles. The zero-order valence-electron chi connectivity index (χ0n) is 18.2. The summed E-state index contributed by atoms with van der Waals surface area (Å²) in [6, 6.07) is 25.2. The van der Waals surface area contributed by atoms with E-state index < -0.39 is 0 Å². The summed E-state index contributed by atoms with van der Waals surface area (Å²) in [6.45, 7) is 6.95. The second-order valence-corrected chi connectivity index (χ2v) is 8.01. The molecule has 0 atom stereocenters. The van der Waals surface area contributed by atoms with E-state index in [1.807, 2.05) is 24.3 Å². The molecule has 3 aromatic rings. The average Bonchev–Trinajstić information content (AvgIpc) is 2.89. The van der Waals surface area contributed by atoms with Crippen molar-refractivity contribution in [1.29, 1.82) is 0 Å². The van der Waals surface area contributed by atoms with Crippen molar-refractivity contribution in [1.82, 2.24) is 0 Å². The Morgan fingerprint density at radius 2 is 0.812 bits per heavy atom. The van der Waals surface area contributed by atoms with E-state index in [4.69, 9.17) is 9.47 Å². The molecule has 2 aliphatic heterocycles. The first-order chi connectivity index (χ1) is 15.8. The number of rotatable bonds is 5. The normalized spacial score (nSPS) is 17.1. The van der Waals surface area contributed by atoms with Gasteiger partial charge in [-0.05, 0) is 59.7 Å². The maximum atomic E-state index is 5.44. The number of hydrogen-bond donors (Lipinski definition) is 0. The van der Waals surface area contributed by atoms with Crippen molar-refractivity contribution in [3.05, 3.63) is 72.8 Å². The Morgan fingerprint density at radius 3 is 1.25 bits per heavy atom. The molecular formula is C26H28N4O2. The number of morpholine rings is 2. The molecule has 0 aliphatic carbocycles. The number of benzene rings is 3. The van der Waals surface area contributed by atoms with Gasteiger partial charge in [0.05, 0.1) is 37.8 Å². The van der Waals surface area contributed by atoms with Gasteiger partial charge in [-0.15, -0.1) is 0 Å². The third kappa shape index (κ3) is 4.98. The Balaban J connectivity index is 1.21. The van der Waals surface area contributed by atoms with Gasteiger partial charge in [0.1, 0.15) is 0 Å². The Morgan fingerprint density at radius 1 is 0.469 bits per heavy atom. The lowest BCUT2D eigenvalue weighted by Crippen LogP contribution is -2.36. The molecule has 6 nitrogen and oxygen atoms in total. The van der Waals surface area contributed by atoms with Crippen molar-refractivity contribution in [3.8, 4) is 11.1 Å². The SMILES string of the molecule is c1cc(-c2ccc(N3CCOCC3)cc2)ccc1N=Nc1ccc(N2CCOCC2)cc1. The molecule has 0 unspecified atom stereocenters. The molecule has 0 amide bonds. The van der Waals surface area contributed by atoms with Crippen LogP contribution in [0.1, 0.15) is 0 Å². The van der Waals surface area contributed by atoms with Gasteiger partial charge in [-0.1, -0.05) is 24.3 Å². The summed E-state index contributed by atoms with van der Waals surface area (Å²) in [6.07, 6.45) is 0. The van der Waals surface area contributed by atoms with Crippen LogP contribution in [-0.2, 0) is 9.47 Å². The van der Waals surface area contributed by atoms with E-state index in [2.05, 4.69) is 68.6 Å². The molecule has 0 spiro atoms. The summed E-state index contributed by atoms with van der Waals surface area (Å²) < 4.78 is 10.9. The minimum Gasteiger partial charge on any atom is -0.378 e. The maximum absolute atomic E-state index is 5.44. The zero-order chi connectivity index (χ0) is 21.6. The second-order valence-electron chi connectivity index (χ2n) is 8.01. The third-order valence-electron chi connectivity index (χ3n) is 5.95. The van der Waals surface area contributed by atoms with Gasteiger partial charge in [-0.25, -0.2) is 0 Å². The van der Waals surface area contributed by atoms with Crippen LogP contribution in [-0.4, -0.2) is 52.6 Å². The van der Waals surface area contributed by atoms with Crippen LogP contribution in [0.5, 0.6) is 0 Å². The van der Waals surface area contributed by atoms with E-state index in [0.29, 0.717) is 0 Å². The molecule has 32 heavy (non-hydrogen) atoms. The minimum atomic E-state index is 0.787. The second kappa shape index (κ2) is 9.94. The fraction of sp³-hybridized carbons (Fsp3) is 0.308. The van der Waals surface area contributed by atoms with E-state index in [9.17, 15) is 0 Å². The monoisotopic (exact) mass is 428 g/mol. The first-order valence-corrected chi connectivity index (χ1v) is 11.2. The summed E-state index contributed by atoms with van der Waals surface area (Å²) in [5, 5.41) is 8.80. The van der Waals surface area contributed by atoms with Crippen molar-refractivity contribution in [2.45, 2.75) is 0 Å². The lowest BCUT2D eigenvalue weighted by Gasteiger charge is -2.28. The zero-order valence-corrected chi connectivity index (χ0v) is 18.2. The van der Waals surface area contributed by atoms with E-state index in [0.717, 1.165) is 64.0 Å². The van der Waals surface area contributed by atoms with Crippen molar-refractivity contribution < 1.29 is 9.47 Å². The summed E-state index contributed by atoms with van der Waals surface area (Å²) in [4.78, 5) is 4.70. The third-order valence-corrected chi connectivity index (χ3v) is 5.95. The fourth-order valence-electron chi connectivity index (χ4n) is 4.07. The van der Waals surface area contributed by atoms with Crippen LogP contribution < -0.4 is 9.80 Å². The summed E-state index contributed by atoms with van der Waals surface area (Å²) in [5.41, 5.74) is 6.52. The number of nitrogens with zero attached hydrogens (tertiary/aromatic N) is 4. The highest BCUT2D eigenvalue weighted by molar-refractivity contribution is 5.68.